The summed E-state index contributed by atoms with van der Waals surface area (Å²) in [7, 11) is 3.63. The molecular formula is C24H34N2O3. The zero-order valence-corrected chi connectivity index (χ0v) is 17.9. The molecule has 0 N–H and O–H groups in total. The summed E-state index contributed by atoms with van der Waals surface area (Å²) in [4.78, 5) is 28.9. The number of nitrogens with zero attached hydrogens (tertiary/aromatic N) is 2. The number of benzene rings is 1. The topological polar surface area (TPSA) is 49.9 Å². The van der Waals surface area contributed by atoms with E-state index < -0.39 is 0 Å². The molecule has 1 saturated carbocycles. The van der Waals surface area contributed by atoms with Gasteiger partial charge in [0.15, 0.2) is 0 Å². The van der Waals surface area contributed by atoms with Gasteiger partial charge in [-0.3, -0.25) is 9.59 Å². The van der Waals surface area contributed by atoms with Gasteiger partial charge in [0, 0.05) is 58.8 Å². The third-order valence-corrected chi connectivity index (χ3v) is 7.19. The number of piperidine rings is 1. The van der Waals surface area contributed by atoms with Gasteiger partial charge in [-0.2, -0.15) is 0 Å². The molecule has 2 amide bonds. The Kier molecular flexibility index (Phi) is 5.84. The average Bonchev–Trinajstić information content (AvgIpc) is 3.21. The van der Waals surface area contributed by atoms with Crippen molar-refractivity contribution in [3.05, 3.63) is 29.8 Å². The maximum atomic E-state index is 12.7. The average molecular weight is 399 g/mol. The molecular weight excluding hydrogens is 364 g/mol. The van der Waals surface area contributed by atoms with Gasteiger partial charge >= 0.3 is 0 Å². The van der Waals surface area contributed by atoms with Crippen LogP contribution in [0, 0.1) is 5.92 Å². The molecule has 1 spiro atoms. The maximum Gasteiger partial charge on any atom is 0.222 e. The first kappa shape index (κ1) is 20.2. The summed E-state index contributed by atoms with van der Waals surface area (Å²) in [5, 5.41) is 0. The zero-order chi connectivity index (χ0) is 20.4. The molecule has 2 heterocycles. The van der Waals surface area contributed by atoms with Crippen molar-refractivity contribution in [3.8, 4) is 5.75 Å². The van der Waals surface area contributed by atoms with Gasteiger partial charge in [0.2, 0.25) is 11.8 Å². The Morgan fingerprint density at radius 2 is 1.79 bits per heavy atom. The highest BCUT2D eigenvalue weighted by atomic mass is 16.5. The molecule has 1 saturated heterocycles. The standard InChI is InChI=1S/C24H34N2O3/c1-25(2)22(27)16-19-17-24(29-21-10-6-5-9-20(19)21)11-13-26(14-12-24)23(28)15-18-7-3-4-8-18/h5-6,9-10,18-19H,3-4,7-8,11-17H2,1-2H3/t19-/m0/s1. The molecule has 2 fully saturated rings. The second-order valence-corrected chi connectivity index (χ2v) is 9.45. The quantitative estimate of drug-likeness (QED) is 0.771. The number of rotatable bonds is 4. The lowest BCUT2D eigenvalue weighted by Crippen LogP contribution is -2.52. The van der Waals surface area contributed by atoms with Gasteiger partial charge in [-0.15, -0.1) is 0 Å². The van der Waals surface area contributed by atoms with Gasteiger partial charge in [0.05, 0.1) is 0 Å². The predicted molar refractivity (Wildman–Crippen MR) is 113 cm³/mol. The third kappa shape index (κ3) is 4.44. The van der Waals surface area contributed by atoms with Crippen molar-refractivity contribution >= 4 is 11.8 Å². The fourth-order valence-electron chi connectivity index (χ4n) is 5.38. The van der Waals surface area contributed by atoms with Crippen molar-refractivity contribution in [2.75, 3.05) is 27.2 Å². The molecule has 1 aromatic carbocycles. The molecule has 0 aromatic heterocycles. The SMILES string of the molecule is CN(C)C(=O)C[C@H]1CC2(CCN(C(=O)CC3CCCC3)CC2)Oc2ccccc21. The van der Waals surface area contributed by atoms with Crippen LogP contribution in [0.4, 0.5) is 0 Å². The fourth-order valence-corrected chi connectivity index (χ4v) is 5.38. The van der Waals surface area contributed by atoms with E-state index in [2.05, 4.69) is 6.07 Å². The van der Waals surface area contributed by atoms with Crippen LogP contribution in [0.25, 0.3) is 0 Å². The van der Waals surface area contributed by atoms with Crippen LogP contribution in [0.3, 0.4) is 0 Å². The van der Waals surface area contributed by atoms with E-state index in [4.69, 9.17) is 4.74 Å². The lowest BCUT2D eigenvalue weighted by molar-refractivity contribution is -0.136. The van der Waals surface area contributed by atoms with Gasteiger partial charge < -0.3 is 14.5 Å². The first-order valence-electron chi connectivity index (χ1n) is 11.2. The van der Waals surface area contributed by atoms with E-state index in [9.17, 15) is 9.59 Å². The maximum absolute atomic E-state index is 12.7. The molecule has 1 aromatic rings. The first-order valence-corrected chi connectivity index (χ1v) is 11.2. The summed E-state index contributed by atoms with van der Waals surface area (Å²) in [5.41, 5.74) is 0.892. The molecule has 5 nitrogen and oxygen atoms in total. The Bertz CT molecular complexity index is 746. The van der Waals surface area contributed by atoms with Crippen LogP contribution >= 0.6 is 0 Å². The summed E-state index contributed by atoms with van der Waals surface area (Å²) in [5.74, 6) is 2.17. The van der Waals surface area contributed by atoms with Gasteiger partial charge in [-0.05, 0) is 36.8 Å². The van der Waals surface area contributed by atoms with E-state index in [0.717, 1.165) is 50.1 Å². The van der Waals surface area contributed by atoms with Crippen molar-refractivity contribution in [2.24, 2.45) is 5.92 Å². The third-order valence-electron chi connectivity index (χ3n) is 7.19. The molecule has 0 bridgehead atoms. The molecule has 1 atom stereocenters. The van der Waals surface area contributed by atoms with E-state index in [1.165, 1.54) is 25.7 Å². The van der Waals surface area contributed by atoms with Crippen LogP contribution in [0.1, 0.15) is 69.3 Å². The van der Waals surface area contributed by atoms with Crippen molar-refractivity contribution < 1.29 is 14.3 Å². The lowest BCUT2D eigenvalue weighted by atomic mass is 9.76. The van der Waals surface area contributed by atoms with Gasteiger partial charge in [0.1, 0.15) is 11.4 Å². The number of fused-ring (bicyclic) bond motifs is 1. The molecule has 5 heteroatoms. The van der Waals surface area contributed by atoms with Gasteiger partial charge in [0.25, 0.3) is 0 Å². The number of amides is 2. The highest BCUT2D eigenvalue weighted by Gasteiger charge is 2.44. The Morgan fingerprint density at radius 3 is 2.48 bits per heavy atom. The number of hydrogen-bond donors (Lipinski definition) is 0. The minimum Gasteiger partial charge on any atom is -0.487 e. The number of carbonyl (C=O) groups is 2. The second kappa shape index (κ2) is 8.37. The summed E-state index contributed by atoms with van der Waals surface area (Å²) >= 11 is 0. The second-order valence-electron chi connectivity index (χ2n) is 9.45. The molecule has 0 unspecified atom stereocenters. The highest BCUT2D eigenvalue weighted by molar-refractivity contribution is 5.77. The Morgan fingerprint density at radius 1 is 1.10 bits per heavy atom. The first-order chi connectivity index (χ1) is 14.0. The highest BCUT2D eigenvalue weighted by Crippen LogP contribution is 2.46. The van der Waals surface area contributed by atoms with Gasteiger partial charge in [-0.1, -0.05) is 31.0 Å². The summed E-state index contributed by atoms with van der Waals surface area (Å²) in [6, 6.07) is 8.15. The van der Waals surface area contributed by atoms with E-state index in [1.807, 2.05) is 37.2 Å². The van der Waals surface area contributed by atoms with Crippen LogP contribution in [0.5, 0.6) is 5.75 Å². The zero-order valence-electron chi connectivity index (χ0n) is 17.9. The number of likely N-dealkylation sites (tertiary alicyclic amines) is 1. The largest absolute Gasteiger partial charge is 0.487 e. The van der Waals surface area contributed by atoms with Crippen molar-refractivity contribution in [2.45, 2.75) is 69.3 Å². The minimum atomic E-state index is -0.254. The molecule has 0 radical (unpaired) electrons. The minimum absolute atomic E-state index is 0.158. The monoisotopic (exact) mass is 398 g/mol. The lowest BCUT2D eigenvalue weighted by Gasteiger charge is -2.47. The molecule has 1 aliphatic carbocycles. The normalized spacial score (nSPS) is 23.5. The van der Waals surface area contributed by atoms with E-state index >= 15 is 0 Å². The number of ether oxygens (including phenoxy) is 1. The van der Waals surface area contributed by atoms with Crippen LogP contribution < -0.4 is 4.74 Å². The molecule has 4 rings (SSSR count). The Labute approximate surface area is 174 Å². The van der Waals surface area contributed by atoms with Crippen molar-refractivity contribution in [1.82, 2.24) is 9.80 Å². The van der Waals surface area contributed by atoms with Crippen LogP contribution in [-0.4, -0.2) is 54.4 Å². The number of carbonyl (C=O) groups excluding carboxylic acids is 2. The fraction of sp³-hybridized carbons (Fsp3) is 0.667. The molecule has 2 aliphatic heterocycles. The van der Waals surface area contributed by atoms with Crippen LogP contribution in [-0.2, 0) is 9.59 Å². The molecule has 3 aliphatic rings. The van der Waals surface area contributed by atoms with E-state index in [-0.39, 0.29) is 17.4 Å². The van der Waals surface area contributed by atoms with Gasteiger partial charge in [-0.25, -0.2) is 0 Å². The van der Waals surface area contributed by atoms with Crippen LogP contribution in [0.15, 0.2) is 24.3 Å². The van der Waals surface area contributed by atoms with Crippen LogP contribution in [0.2, 0.25) is 0 Å². The molecule has 158 valence electrons. The van der Waals surface area contributed by atoms with Crippen molar-refractivity contribution in [1.29, 1.82) is 0 Å². The smallest absolute Gasteiger partial charge is 0.222 e. The summed E-state index contributed by atoms with van der Waals surface area (Å²) in [6.07, 6.45) is 8.78. The van der Waals surface area contributed by atoms with Crippen molar-refractivity contribution in [3.63, 3.8) is 0 Å². The molecule has 29 heavy (non-hydrogen) atoms. The summed E-state index contributed by atoms with van der Waals surface area (Å²) in [6.45, 7) is 1.53. The Hall–Kier alpha value is -2.04. The van der Waals surface area contributed by atoms with E-state index in [0.29, 0.717) is 18.2 Å². The van der Waals surface area contributed by atoms with E-state index in [1.54, 1.807) is 4.90 Å². The predicted octanol–water partition coefficient (Wildman–Crippen LogP) is 3.97. The number of hydrogen-bond acceptors (Lipinski definition) is 3. The summed E-state index contributed by atoms with van der Waals surface area (Å²) < 4.78 is 6.53. The Balaban J connectivity index is 1.43. The number of para-hydroxylation sites is 1.